The molecule has 132 valence electrons. The molecule has 0 aliphatic carbocycles. The molecule has 1 aromatic rings. The Morgan fingerprint density at radius 2 is 1.46 bits per heavy atom. The SMILES string of the molecule is CC(C)N1CCC(c2ccc(B3OC(C)(C)C(C)(C)O3)cc2)CC1. The van der Waals surface area contributed by atoms with Crippen LogP contribution in [0.1, 0.15) is 65.9 Å². The molecule has 0 bridgehead atoms. The minimum Gasteiger partial charge on any atom is -0.399 e. The van der Waals surface area contributed by atoms with Crippen molar-refractivity contribution in [3.63, 3.8) is 0 Å². The Hall–Kier alpha value is -0.835. The zero-order valence-electron chi connectivity index (χ0n) is 16.1. The highest BCUT2D eigenvalue weighted by Crippen LogP contribution is 2.36. The third-order valence-corrected chi connectivity index (χ3v) is 6.19. The summed E-state index contributed by atoms with van der Waals surface area (Å²) in [5, 5.41) is 0. The van der Waals surface area contributed by atoms with Crippen molar-refractivity contribution in [2.45, 2.75) is 77.5 Å². The van der Waals surface area contributed by atoms with Gasteiger partial charge in [-0.25, -0.2) is 0 Å². The van der Waals surface area contributed by atoms with Crippen molar-refractivity contribution in [1.29, 1.82) is 0 Å². The van der Waals surface area contributed by atoms with Crippen molar-refractivity contribution in [1.82, 2.24) is 4.90 Å². The van der Waals surface area contributed by atoms with E-state index >= 15 is 0 Å². The van der Waals surface area contributed by atoms with Crippen LogP contribution in [0.2, 0.25) is 0 Å². The first kappa shape index (κ1) is 18.0. The van der Waals surface area contributed by atoms with Crippen LogP contribution < -0.4 is 5.46 Å². The Labute approximate surface area is 147 Å². The van der Waals surface area contributed by atoms with E-state index in [0.29, 0.717) is 12.0 Å². The number of rotatable bonds is 3. The fourth-order valence-corrected chi connectivity index (χ4v) is 3.65. The maximum atomic E-state index is 6.15. The Morgan fingerprint density at radius 3 is 1.92 bits per heavy atom. The lowest BCUT2D eigenvalue weighted by molar-refractivity contribution is 0.00578. The molecule has 0 radical (unpaired) electrons. The molecule has 4 heteroatoms. The Morgan fingerprint density at radius 1 is 0.958 bits per heavy atom. The highest BCUT2D eigenvalue weighted by atomic mass is 16.7. The van der Waals surface area contributed by atoms with Crippen molar-refractivity contribution in [3.8, 4) is 0 Å². The van der Waals surface area contributed by atoms with Crippen LogP contribution in [0, 0.1) is 0 Å². The lowest BCUT2D eigenvalue weighted by atomic mass is 9.77. The van der Waals surface area contributed by atoms with Gasteiger partial charge in [0.15, 0.2) is 0 Å². The van der Waals surface area contributed by atoms with E-state index in [2.05, 4.69) is 70.7 Å². The second-order valence-corrected chi connectivity index (χ2v) is 8.66. The molecule has 0 saturated carbocycles. The first-order valence-corrected chi connectivity index (χ1v) is 9.39. The van der Waals surface area contributed by atoms with Gasteiger partial charge in [0.05, 0.1) is 11.2 Å². The third-order valence-electron chi connectivity index (χ3n) is 6.19. The van der Waals surface area contributed by atoms with E-state index in [0.717, 1.165) is 5.46 Å². The first-order chi connectivity index (χ1) is 11.2. The molecule has 0 atom stereocenters. The fourth-order valence-electron chi connectivity index (χ4n) is 3.65. The van der Waals surface area contributed by atoms with Gasteiger partial charge in [0.25, 0.3) is 0 Å². The summed E-state index contributed by atoms with van der Waals surface area (Å²) in [7, 11) is -0.258. The predicted molar refractivity (Wildman–Crippen MR) is 101 cm³/mol. The van der Waals surface area contributed by atoms with Crippen LogP contribution in [-0.2, 0) is 9.31 Å². The molecular weight excluding hydrogens is 297 g/mol. The largest absolute Gasteiger partial charge is 0.494 e. The molecule has 3 rings (SSSR count). The minimum atomic E-state index is -0.278. The average Bonchev–Trinajstić information content (AvgIpc) is 2.76. The van der Waals surface area contributed by atoms with Crippen molar-refractivity contribution in [2.24, 2.45) is 0 Å². The van der Waals surface area contributed by atoms with Crippen LogP contribution in [0.5, 0.6) is 0 Å². The maximum absolute atomic E-state index is 6.15. The van der Waals surface area contributed by atoms with Gasteiger partial charge < -0.3 is 14.2 Å². The van der Waals surface area contributed by atoms with E-state index in [4.69, 9.17) is 9.31 Å². The predicted octanol–water partition coefficient (Wildman–Crippen LogP) is 3.57. The zero-order valence-corrected chi connectivity index (χ0v) is 16.1. The molecule has 0 amide bonds. The van der Waals surface area contributed by atoms with E-state index in [1.807, 2.05) is 0 Å². The molecule has 0 aromatic heterocycles. The van der Waals surface area contributed by atoms with E-state index in [9.17, 15) is 0 Å². The Kier molecular flexibility index (Phi) is 4.85. The van der Waals surface area contributed by atoms with Gasteiger partial charge in [0.2, 0.25) is 0 Å². The standard InChI is InChI=1S/C20H32BNO2/c1-15(2)22-13-11-17(12-14-22)16-7-9-18(10-8-16)21-23-19(3,4)20(5,6)24-21/h7-10,15,17H,11-14H2,1-6H3. The molecule has 2 saturated heterocycles. The van der Waals surface area contributed by atoms with Crippen molar-refractivity contribution >= 4 is 12.6 Å². The van der Waals surface area contributed by atoms with Crippen molar-refractivity contribution in [2.75, 3.05) is 13.1 Å². The van der Waals surface area contributed by atoms with Gasteiger partial charge in [-0.05, 0) is 84.4 Å². The van der Waals surface area contributed by atoms with Crippen molar-refractivity contribution in [3.05, 3.63) is 29.8 Å². The average molecular weight is 329 g/mol. The second kappa shape index (κ2) is 6.47. The van der Waals surface area contributed by atoms with E-state index in [1.165, 1.54) is 31.5 Å². The topological polar surface area (TPSA) is 21.7 Å². The number of piperidine rings is 1. The first-order valence-electron chi connectivity index (χ1n) is 9.39. The third kappa shape index (κ3) is 3.42. The molecule has 2 heterocycles. The molecule has 2 aliphatic rings. The normalized spacial score (nSPS) is 24.7. The highest BCUT2D eigenvalue weighted by molar-refractivity contribution is 6.62. The van der Waals surface area contributed by atoms with E-state index in [1.54, 1.807) is 0 Å². The summed E-state index contributed by atoms with van der Waals surface area (Å²) in [4.78, 5) is 2.58. The smallest absolute Gasteiger partial charge is 0.399 e. The second-order valence-electron chi connectivity index (χ2n) is 8.66. The molecule has 24 heavy (non-hydrogen) atoms. The maximum Gasteiger partial charge on any atom is 0.494 e. The van der Waals surface area contributed by atoms with Gasteiger partial charge in [0.1, 0.15) is 0 Å². The van der Waals surface area contributed by atoms with Crippen LogP contribution in [0.15, 0.2) is 24.3 Å². The molecule has 2 aliphatic heterocycles. The monoisotopic (exact) mass is 329 g/mol. The molecule has 1 aromatic carbocycles. The number of likely N-dealkylation sites (tertiary alicyclic amines) is 1. The molecular formula is C20H32BNO2. The number of hydrogen-bond acceptors (Lipinski definition) is 3. The zero-order chi connectivity index (χ0) is 17.5. The highest BCUT2D eigenvalue weighted by Gasteiger charge is 2.51. The molecule has 0 N–H and O–H groups in total. The minimum absolute atomic E-state index is 0.258. The van der Waals surface area contributed by atoms with Gasteiger partial charge in [0, 0.05) is 6.04 Å². The van der Waals surface area contributed by atoms with Crippen LogP contribution >= 0.6 is 0 Å². The van der Waals surface area contributed by atoms with Gasteiger partial charge in [-0.15, -0.1) is 0 Å². The molecule has 0 unspecified atom stereocenters. The quantitative estimate of drug-likeness (QED) is 0.791. The van der Waals surface area contributed by atoms with Crippen LogP contribution in [0.4, 0.5) is 0 Å². The van der Waals surface area contributed by atoms with Crippen LogP contribution in [-0.4, -0.2) is 42.4 Å². The Balaban J connectivity index is 1.65. The summed E-state index contributed by atoms with van der Waals surface area (Å²) in [6.07, 6.45) is 2.52. The Bertz CT molecular complexity index is 544. The number of nitrogens with zero attached hydrogens (tertiary/aromatic N) is 1. The lowest BCUT2D eigenvalue weighted by Crippen LogP contribution is -2.41. The van der Waals surface area contributed by atoms with Gasteiger partial charge >= 0.3 is 7.12 Å². The van der Waals surface area contributed by atoms with Crippen LogP contribution in [0.25, 0.3) is 0 Å². The van der Waals surface area contributed by atoms with E-state index in [-0.39, 0.29) is 18.3 Å². The van der Waals surface area contributed by atoms with Crippen molar-refractivity contribution < 1.29 is 9.31 Å². The molecule has 0 spiro atoms. The summed E-state index contributed by atoms with van der Waals surface area (Å²) in [5.74, 6) is 0.687. The summed E-state index contributed by atoms with van der Waals surface area (Å²) in [6.45, 7) is 15.4. The number of benzene rings is 1. The van der Waals surface area contributed by atoms with Gasteiger partial charge in [-0.3, -0.25) is 0 Å². The summed E-state index contributed by atoms with van der Waals surface area (Å²) < 4.78 is 12.3. The van der Waals surface area contributed by atoms with E-state index < -0.39 is 0 Å². The summed E-state index contributed by atoms with van der Waals surface area (Å²) >= 11 is 0. The fraction of sp³-hybridized carbons (Fsp3) is 0.700. The molecule has 2 fully saturated rings. The van der Waals surface area contributed by atoms with Gasteiger partial charge in [-0.2, -0.15) is 0 Å². The van der Waals surface area contributed by atoms with Crippen LogP contribution in [0.3, 0.4) is 0 Å². The van der Waals surface area contributed by atoms with Gasteiger partial charge in [-0.1, -0.05) is 24.3 Å². The summed E-state index contributed by atoms with van der Waals surface area (Å²) in [5.41, 5.74) is 2.02. The lowest BCUT2D eigenvalue weighted by Gasteiger charge is -2.34. The molecule has 3 nitrogen and oxygen atoms in total. The number of hydrogen-bond donors (Lipinski definition) is 0. The summed E-state index contributed by atoms with van der Waals surface area (Å²) in [6, 6.07) is 9.58.